The van der Waals surface area contributed by atoms with E-state index >= 15 is 0 Å². The number of rotatable bonds is 5. The van der Waals surface area contributed by atoms with Crippen LogP contribution in [0.3, 0.4) is 0 Å². The van der Waals surface area contributed by atoms with E-state index in [1.807, 2.05) is 6.92 Å². The van der Waals surface area contributed by atoms with Crippen molar-refractivity contribution < 1.29 is 9.84 Å². The number of hydrogen-bond donors (Lipinski definition) is 1. The Balaban J connectivity index is 1.66. The van der Waals surface area contributed by atoms with Crippen molar-refractivity contribution in [1.82, 2.24) is 0 Å². The highest BCUT2D eigenvalue weighted by Gasteiger charge is 2.32. The molecule has 2 rings (SSSR count). The normalized spacial score (nSPS) is 31.7. The summed E-state index contributed by atoms with van der Waals surface area (Å²) in [6, 6.07) is 0. The first-order valence-corrected chi connectivity index (χ1v) is 6.00. The fourth-order valence-electron chi connectivity index (χ4n) is 2.39. The molecule has 0 aromatic carbocycles. The average Bonchev–Trinajstić information content (AvgIpc) is 2.78. The highest BCUT2D eigenvalue weighted by molar-refractivity contribution is 4.84. The van der Waals surface area contributed by atoms with Gasteiger partial charge in [0, 0.05) is 6.61 Å². The molecule has 0 amide bonds. The van der Waals surface area contributed by atoms with Crippen molar-refractivity contribution in [3.05, 3.63) is 0 Å². The van der Waals surface area contributed by atoms with Gasteiger partial charge >= 0.3 is 0 Å². The van der Waals surface area contributed by atoms with E-state index < -0.39 is 5.60 Å². The van der Waals surface area contributed by atoms with Gasteiger partial charge in [0.05, 0.1) is 11.7 Å². The summed E-state index contributed by atoms with van der Waals surface area (Å²) in [5, 5.41) is 10.1. The number of hydrogen-bond acceptors (Lipinski definition) is 2. The molecule has 0 bridgehead atoms. The Morgan fingerprint density at radius 2 is 2.14 bits per heavy atom. The van der Waals surface area contributed by atoms with Gasteiger partial charge in [-0.25, -0.2) is 0 Å². The number of aliphatic hydroxyl groups is 1. The fraction of sp³-hybridized carbons (Fsp3) is 1.00. The Hall–Kier alpha value is -0.0800. The second kappa shape index (κ2) is 4.19. The molecule has 1 N–H and O–H groups in total. The highest BCUT2D eigenvalue weighted by atomic mass is 16.5. The standard InChI is InChI=1S/C12H22O2/c1-12(13,9-10-4-5-10)7-6-11-3-2-8-14-11/h10-11,13H,2-9H2,1H3. The van der Waals surface area contributed by atoms with Crippen LogP contribution in [0.25, 0.3) is 0 Å². The van der Waals surface area contributed by atoms with E-state index in [0.29, 0.717) is 6.10 Å². The van der Waals surface area contributed by atoms with Gasteiger partial charge in [-0.3, -0.25) is 0 Å². The van der Waals surface area contributed by atoms with Crippen LogP contribution in [0.5, 0.6) is 0 Å². The maximum atomic E-state index is 10.1. The lowest BCUT2D eigenvalue weighted by atomic mass is 9.92. The molecule has 2 atom stereocenters. The van der Waals surface area contributed by atoms with Crippen LogP contribution in [-0.2, 0) is 4.74 Å². The molecule has 82 valence electrons. The second-order valence-electron chi connectivity index (χ2n) is 5.32. The molecule has 14 heavy (non-hydrogen) atoms. The van der Waals surface area contributed by atoms with E-state index in [2.05, 4.69) is 0 Å². The third-order valence-corrected chi connectivity index (χ3v) is 3.45. The van der Waals surface area contributed by atoms with Crippen molar-refractivity contribution in [2.75, 3.05) is 6.61 Å². The molecule has 2 fully saturated rings. The first-order chi connectivity index (χ1) is 6.66. The summed E-state index contributed by atoms with van der Waals surface area (Å²) in [5.41, 5.74) is -0.437. The van der Waals surface area contributed by atoms with Crippen LogP contribution in [0.4, 0.5) is 0 Å². The second-order valence-corrected chi connectivity index (χ2v) is 5.32. The third kappa shape index (κ3) is 3.25. The van der Waals surface area contributed by atoms with Crippen LogP contribution in [0, 0.1) is 5.92 Å². The first kappa shape index (κ1) is 10.4. The van der Waals surface area contributed by atoms with Crippen LogP contribution < -0.4 is 0 Å². The lowest BCUT2D eigenvalue weighted by Gasteiger charge is -2.24. The zero-order chi connectivity index (χ0) is 10.0. The van der Waals surface area contributed by atoms with E-state index in [-0.39, 0.29) is 0 Å². The minimum atomic E-state index is -0.437. The van der Waals surface area contributed by atoms with Crippen molar-refractivity contribution in [2.45, 2.75) is 63.6 Å². The van der Waals surface area contributed by atoms with Crippen molar-refractivity contribution in [3.63, 3.8) is 0 Å². The Morgan fingerprint density at radius 3 is 2.71 bits per heavy atom. The van der Waals surface area contributed by atoms with Crippen molar-refractivity contribution in [2.24, 2.45) is 5.92 Å². The van der Waals surface area contributed by atoms with Crippen LogP contribution in [0.15, 0.2) is 0 Å². The summed E-state index contributed by atoms with van der Waals surface area (Å²) in [7, 11) is 0. The summed E-state index contributed by atoms with van der Waals surface area (Å²) in [6.45, 7) is 2.91. The minimum absolute atomic E-state index is 0.431. The molecule has 1 heterocycles. The monoisotopic (exact) mass is 198 g/mol. The summed E-state index contributed by atoms with van der Waals surface area (Å²) >= 11 is 0. The van der Waals surface area contributed by atoms with Gasteiger partial charge in [-0.1, -0.05) is 12.8 Å². The predicted molar refractivity (Wildman–Crippen MR) is 56.2 cm³/mol. The van der Waals surface area contributed by atoms with Gasteiger partial charge in [-0.15, -0.1) is 0 Å². The van der Waals surface area contributed by atoms with E-state index in [9.17, 15) is 5.11 Å². The van der Waals surface area contributed by atoms with E-state index in [0.717, 1.165) is 31.8 Å². The van der Waals surface area contributed by atoms with Crippen LogP contribution in [-0.4, -0.2) is 23.4 Å². The smallest absolute Gasteiger partial charge is 0.0623 e. The lowest BCUT2D eigenvalue weighted by Crippen LogP contribution is -2.26. The summed E-state index contributed by atoms with van der Waals surface area (Å²) in [6.07, 6.45) is 8.44. The Kier molecular flexibility index (Phi) is 3.13. The van der Waals surface area contributed by atoms with Gasteiger partial charge < -0.3 is 9.84 Å². The Morgan fingerprint density at radius 1 is 1.36 bits per heavy atom. The molecule has 1 saturated carbocycles. The zero-order valence-electron chi connectivity index (χ0n) is 9.17. The molecule has 0 aromatic heterocycles. The predicted octanol–water partition coefficient (Wildman–Crippen LogP) is 2.50. The molecule has 1 aliphatic carbocycles. The lowest BCUT2D eigenvalue weighted by molar-refractivity contribution is 0.0145. The van der Waals surface area contributed by atoms with Gasteiger partial charge in [0.15, 0.2) is 0 Å². The van der Waals surface area contributed by atoms with E-state index in [1.165, 1.54) is 25.7 Å². The molecule has 1 aliphatic heterocycles. The third-order valence-electron chi connectivity index (χ3n) is 3.45. The molecule has 0 radical (unpaired) electrons. The Bertz CT molecular complexity index is 179. The molecule has 2 unspecified atom stereocenters. The largest absolute Gasteiger partial charge is 0.390 e. The molecule has 0 aromatic rings. The van der Waals surface area contributed by atoms with Gasteiger partial charge in [0.2, 0.25) is 0 Å². The quantitative estimate of drug-likeness (QED) is 0.735. The van der Waals surface area contributed by atoms with Gasteiger partial charge in [-0.05, 0) is 44.9 Å². The molecule has 2 nitrogen and oxygen atoms in total. The average molecular weight is 198 g/mol. The molecule has 0 spiro atoms. The molecule has 2 heteroatoms. The van der Waals surface area contributed by atoms with Crippen molar-refractivity contribution in [3.8, 4) is 0 Å². The summed E-state index contributed by atoms with van der Waals surface area (Å²) < 4.78 is 5.56. The molecular weight excluding hydrogens is 176 g/mol. The number of ether oxygens (including phenoxy) is 1. The maximum absolute atomic E-state index is 10.1. The maximum Gasteiger partial charge on any atom is 0.0623 e. The fourth-order valence-corrected chi connectivity index (χ4v) is 2.39. The SMILES string of the molecule is CC(O)(CCC1CCCO1)CC1CC1. The van der Waals surface area contributed by atoms with Crippen molar-refractivity contribution in [1.29, 1.82) is 0 Å². The van der Waals surface area contributed by atoms with Gasteiger partial charge in [-0.2, -0.15) is 0 Å². The summed E-state index contributed by atoms with van der Waals surface area (Å²) in [5.74, 6) is 0.814. The van der Waals surface area contributed by atoms with Gasteiger partial charge in [0.25, 0.3) is 0 Å². The van der Waals surface area contributed by atoms with E-state index in [4.69, 9.17) is 4.74 Å². The van der Waals surface area contributed by atoms with E-state index in [1.54, 1.807) is 0 Å². The minimum Gasteiger partial charge on any atom is -0.390 e. The molecule has 1 saturated heterocycles. The summed E-state index contributed by atoms with van der Waals surface area (Å²) in [4.78, 5) is 0. The van der Waals surface area contributed by atoms with Crippen LogP contribution in [0.1, 0.15) is 51.9 Å². The highest BCUT2D eigenvalue weighted by Crippen LogP contribution is 2.38. The zero-order valence-corrected chi connectivity index (χ0v) is 9.17. The van der Waals surface area contributed by atoms with Crippen LogP contribution in [0.2, 0.25) is 0 Å². The first-order valence-electron chi connectivity index (χ1n) is 6.00. The molecular formula is C12H22O2. The molecule has 2 aliphatic rings. The van der Waals surface area contributed by atoms with Crippen LogP contribution >= 0.6 is 0 Å². The topological polar surface area (TPSA) is 29.5 Å². The van der Waals surface area contributed by atoms with Crippen molar-refractivity contribution >= 4 is 0 Å². The van der Waals surface area contributed by atoms with Gasteiger partial charge in [0.1, 0.15) is 0 Å². The Labute approximate surface area is 86.6 Å².